The molecule has 0 bridgehead atoms. The average molecular weight is 326 g/mol. The lowest BCUT2D eigenvalue weighted by Crippen LogP contribution is -2.38. The molecular formula is C20H26N2O2. The van der Waals surface area contributed by atoms with Crippen LogP contribution in [0.4, 0.5) is 0 Å². The third kappa shape index (κ3) is 3.94. The number of benzene rings is 1. The van der Waals surface area contributed by atoms with E-state index in [-0.39, 0.29) is 11.2 Å². The first-order valence-electron chi connectivity index (χ1n) is 8.70. The summed E-state index contributed by atoms with van der Waals surface area (Å²) in [4.78, 5) is 28.0. The van der Waals surface area contributed by atoms with E-state index in [1.807, 2.05) is 37.3 Å². The molecule has 0 fully saturated rings. The molecule has 1 N–H and O–H groups in total. The van der Waals surface area contributed by atoms with Gasteiger partial charge in [-0.05, 0) is 24.0 Å². The standard InChI is InChI=1S/C20H26N2O2/c1-4-6-7-11-14-22-19(23)17(5-2)18(21-20(22)24)15(3)16-12-9-8-10-13-16/h8-10,12-13H,3-7,11,14H2,1-2H3,(H,21,24). The first-order chi connectivity index (χ1) is 11.6. The molecule has 0 amide bonds. The Labute approximate surface area is 142 Å². The van der Waals surface area contributed by atoms with Crippen molar-refractivity contribution >= 4 is 5.57 Å². The number of aromatic nitrogens is 2. The average Bonchev–Trinajstić information content (AvgIpc) is 2.60. The van der Waals surface area contributed by atoms with Gasteiger partial charge < -0.3 is 4.98 Å². The molecule has 1 heterocycles. The van der Waals surface area contributed by atoms with Crippen LogP contribution >= 0.6 is 0 Å². The topological polar surface area (TPSA) is 54.9 Å². The molecule has 2 aromatic rings. The molecule has 2 rings (SSSR count). The van der Waals surface area contributed by atoms with Gasteiger partial charge in [0.2, 0.25) is 0 Å². The number of nitrogens with one attached hydrogen (secondary N) is 1. The maximum absolute atomic E-state index is 12.7. The van der Waals surface area contributed by atoms with E-state index in [0.717, 1.165) is 31.2 Å². The van der Waals surface area contributed by atoms with Crippen molar-refractivity contribution in [1.82, 2.24) is 9.55 Å². The molecule has 0 radical (unpaired) electrons. The van der Waals surface area contributed by atoms with Crippen LogP contribution in [0.2, 0.25) is 0 Å². The van der Waals surface area contributed by atoms with Gasteiger partial charge in [-0.3, -0.25) is 9.36 Å². The number of aromatic amines is 1. The predicted octanol–water partition coefficient (Wildman–Crippen LogP) is 3.74. The molecule has 128 valence electrons. The van der Waals surface area contributed by atoms with Gasteiger partial charge in [0.15, 0.2) is 0 Å². The molecule has 0 aliphatic heterocycles. The normalized spacial score (nSPS) is 10.8. The Morgan fingerprint density at radius 3 is 2.42 bits per heavy atom. The van der Waals surface area contributed by atoms with Crippen molar-refractivity contribution in [2.45, 2.75) is 52.5 Å². The van der Waals surface area contributed by atoms with Crippen molar-refractivity contribution in [3.8, 4) is 0 Å². The van der Waals surface area contributed by atoms with Crippen LogP contribution in [0.3, 0.4) is 0 Å². The smallest absolute Gasteiger partial charge is 0.306 e. The van der Waals surface area contributed by atoms with Crippen LogP contribution < -0.4 is 11.2 Å². The summed E-state index contributed by atoms with van der Waals surface area (Å²) in [7, 11) is 0. The first kappa shape index (κ1) is 18.0. The van der Waals surface area contributed by atoms with E-state index >= 15 is 0 Å². The summed E-state index contributed by atoms with van der Waals surface area (Å²) in [6.07, 6.45) is 4.69. The largest absolute Gasteiger partial charge is 0.328 e. The molecule has 0 saturated heterocycles. The second-order valence-electron chi connectivity index (χ2n) is 6.00. The monoisotopic (exact) mass is 326 g/mol. The number of unbranched alkanes of at least 4 members (excludes halogenated alkanes) is 3. The molecule has 4 nitrogen and oxygen atoms in total. The second kappa shape index (κ2) is 8.48. The van der Waals surface area contributed by atoms with E-state index in [1.165, 1.54) is 4.57 Å². The molecule has 0 atom stereocenters. The van der Waals surface area contributed by atoms with E-state index in [0.29, 0.717) is 29.8 Å². The van der Waals surface area contributed by atoms with Crippen molar-refractivity contribution in [3.05, 3.63) is 74.6 Å². The third-order valence-electron chi connectivity index (χ3n) is 4.30. The van der Waals surface area contributed by atoms with Gasteiger partial charge in [-0.15, -0.1) is 0 Å². The highest BCUT2D eigenvalue weighted by atomic mass is 16.2. The summed E-state index contributed by atoms with van der Waals surface area (Å²) in [5.74, 6) is 0. The van der Waals surface area contributed by atoms with Crippen LogP contribution in [0.15, 0.2) is 46.5 Å². The van der Waals surface area contributed by atoms with Gasteiger partial charge in [-0.25, -0.2) is 4.79 Å². The Balaban J connectivity index is 2.39. The minimum atomic E-state index is -0.347. The van der Waals surface area contributed by atoms with Crippen molar-refractivity contribution in [2.75, 3.05) is 0 Å². The van der Waals surface area contributed by atoms with E-state index in [2.05, 4.69) is 18.5 Å². The molecule has 4 heteroatoms. The van der Waals surface area contributed by atoms with Crippen molar-refractivity contribution < 1.29 is 0 Å². The molecule has 0 saturated carbocycles. The fourth-order valence-corrected chi connectivity index (χ4v) is 2.88. The van der Waals surface area contributed by atoms with Crippen LogP contribution in [-0.2, 0) is 13.0 Å². The Kier molecular flexibility index (Phi) is 6.36. The Hall–Kier alpha value is -2.36. The Morgan fingerprint density at radius 1 is 1.08 bits per heavy atom. The summed E-state index contributed by atoms with van der Waals surface area (Å²) < 4.78 is 1.33. The number of hydrogen-bond acceptors (Lipinski definition) is 2. The van der Waals surface area contributed by atoms with Crippen LogP contribution in [-0.4, -0.2) is 9.55 Å². The maximum Gasteiger partial charge on any atom is 0.328 e. The summed E-state index contributed by atoms with van der Waals surface area (Å²) in [6, 6.07) is 9.61. The summed E-state index contributed by atoms with van der Waals surface area (Å²) >= 11 is 0. The number of H-pyrrole nitrogens is 1. The minimum absolute atomic E-state index is 0.190. The van der Waals surface area contributed by atoms with E-state index < -0.39 is 0 Å². The van der Waals surface area contributed by atoms with Crippen molar-refractivity contribution in [3.63, 3.8) is 0 Å². The highest BCUT2D eigenvalue weighted by Crippen LogP contribution is 2.20. The maximum atomic E-state index is 12.7. The fourth-order valence-electron chi connectivity index (χ4n) is 2.88. The van der Waals surface area contributed by atoms with E-state index in [4.69, 9.17) is 0 Å². The van der Waals surface area contributed by atoms with Crippen LogP contribution in [0.1, 0.15) is 56.4 Å². The van der Waals surface area contributed by atoms with Crippen molar-refractivity contribution in [1.29, 1.82) is 0 Å². The minimum Gasteiger partial charge on any atom is -0.306 e. The zero-order valence-electron chi connectivity index (χ0n) is 14.6. The lowest BCUT2D eigenvalue weighted by Gasteiger charge is -2.13. The predicted molar refractivity (Wildman–Crippen MR) is 99.4 cm³/mol. The summed E-state index contributed by atoms with van der Waals surface area (Å²) in [5, 5.41) is 0. The SMILES string of the molecule is C=C(c1ccccc1)c1[nH]c(=O)n(CCCCCC)c(=O)c1CC. The fraction of sp³-hybridized carbons (Fsp3) is 0.400. The Bertz CT molecular complexity index is 801. The molecule has 1 aromatic carbocycles. The zero-order chi connectivity index (χ0) is 17.5. The number of nitrogens with zero attached hydrogens (tertiary/aromatic N) is 1. The lowest BCUT2D eigenvalue weighted by atomic mass is 10.00. The first-order valence-corrected chi connectivity index (χ1v) is 8.70. The van der Waals surface area contributed by atoms with Gasteiger partial charge in [0, 0.05) is 12.1 Å². The van der Waals surface area contributed by atoms with Gasteiger partial charge in [-0.1, -0.05) is 70.0 Å². The molecule has 0 spiro atoms. The van der Waals surface area contributed by atoms with Crippen LogP contribution in [0, 0.1) is 0 Å². The van der Waals surface area contributed by atoms with Gasteiger partial charge in [0.1, 0.15) is 0 Å². The molecule has 1 aromatic heterocycles. The van der Waals surface area contributed by atoms with E-state index in [9.17, 15) is 9.59 Å². The van der Waals surface area contributed by atoms with Gasteiger partial charge in [0.25, 0.3) is 5.56 Å². The molecular weight excluding hydrogens is 300 g/mol. The molecule has 0 unspecified atom stereocenters. The quantitative estimate of drug-likeness (QED) is 0.751. The number of hydrogen-bond donors (Lipinski definition) is 1. The summed E-state index contributed by atoms with van der Waals surface area (Å²) in [5.41, 5.74) is 2.23. The van der Waals surface area contributed by atoms with Crippen molar-refractivity contribution in [2.24, 2.45) is 0 Å². The highest BCUT2D eigenvalue weighted by Gasteiger charge is 2.15. The second-order valence-corrected chi connectivity index (χ2v) is 6.00. The van der Waals surface area contributed by atoms with Gasteiger partial charge in [-0.2, -0.15) is 0 Å². The van der Waals surface area contributed by atoms with E-state index in [1.54, 1.807) is 0 Å². The lowest BCUT2D eigenvalue weighted by molar-refractivity contribution is 0.546. The number of rotatable bonds is 8. The van der Waals surface area contributed by atoms with Crippen LogP contribution in [0.5, 0.6) is 0 Å². The van der Waals surface area contributed by atoms with Gasteiger partial charge >= 0.3 is 5.69 Å². The third-order valence-corrected chi connectivity index (χ3v) is 4.30. The Morgan fingerprint density at radius 2 is 1.79 bits per heavy atom. The van der Waals surface area contributed by atoms with Gasteiger partial charge in [0.05, 0.1) is 5.69 Å². The highest BCUT2D eigenvalue weighted by molar-refractivity contribution is 5.77. The summed E-state index contributed by atoms with van der Waals surface area (Å²) in [6.45, 7) is 8.62. The molecule has 0 aliphatic carbocycles. The zero-order valence-corrected chi connectivity index (χ0v) is 14.6. The van der Waals surface area contributed by atoms with Crippen LogP contribution in [0.25, 0.3) is 5.57 Å². The molecule has 0 aliphatic rings. The molecule has 24 heavy (non-hydrogen) atoms.